The van der Waals surface area contributed by atoms with E-state index in [9.17, 15) is 19.7 Å². The van der Waals surface area contributed by atoms with E-state index >= 15 is 0 Å². The van der Waals surface area contributed by atoms with Crippen LogP contribution in [0.2, 0.25) is 0 Å². The van der Waals surface area contributed by atoms with E-state index in [0.717, 1.165) is 0 Å². The highest BCUT2D eigenvalue weighted by Gasteiger charge is 2.36. The monoisotopic (exact) mass is 281 g/mol. The first kappa shape index (κ1) is 14.0. The molecule has 0 aliphatic carbocycles. The zero-order chi connectivity index (χ0) is 14.9. The van der Waals surface area contributed by atoms with Gasteiger partial charge < -0.3 is 14.2 Å². The molecule has 0 N–H and O–H groups in total. The van der Waals surface area contributed by atoms with Crippen LogP contribution in [-0.4, -0.2) is 46.0 Å². The third kappa shape index (κ3) is 2.36. The van der Waals surface area contributed by atoms with E-state index in [1.165, 1.54) is 28.8 Å². The van der Waals surface area contributed by atoms with Gasteiger partial charge in [-0.2, -0.15) is 0 Å². The number of nitro groups is 1. The van der Waals surface area contributed by atoms with Gasteiger partial charge in [0.15, 0.2) is 0 Å². The van der Waals surface area contributed by atoms with E-state index in [-0.39, 0.29) is 11.4 Å². The topological polar surface area (TPSA) is 94.7 Å². The fourth-order valence-electron chi connectivity index (χ4n) is 2.40. The zero-order valence-electron chi connectivity index (χ0n) is 11.2. The Balaban J connectivity index is 2.26. The molecule has 0 radical (unpaired) electrons. The number of esters is 1. The second kappa shape index (κ2) is 5.32. The Morgan fingerprint density at radius 2 is 2.20 bits per heavy atom. The van der Waals surface area contributed by atoms with Gasteiger partial charge in [0.05, 0.1) is 18.2 Å². The van der Waals surface area contributed by atoms with Gasteiger partial charge in [-0.25, -0.2) is 4.79 Å². The summed E-state index contributed by atoms with van der Waals surface area (Å²) >= 11 is 0. The van der Waals surface area contributed by atoms with Gasteiger partial charge in [0.25, 0.3) is 11.6 Å². The Morgan fingerprint density at radius 3 is 2.75 bits per heavy atom. The van der Waals surface area contributed by atoms with Gasteiger partial charge >= 0.3 is 5.97 Å². The highest BCUT2D eigenvalue weighted by atomic mass is 16.6. The molecule has 8 nitrogen and oxygen atoms in total. The van der Waals surface area contributed by atoms with Crippen LogP contribution in [0.15, 0.2) is 12.3 Å². The SMILES string of the molecule is COC(=O)C1CCCN1C(=O)c1cc([N+](=O)[O-])cn1C. The Hall–Kier alpha value is -2.38. The number of nitrogens with zero attached hydrogens (tertiary/aromatic N) is 3. The van der Waals surface area contributed by atoms with Gasteiger partial charge in [-0.15, -0.1) is 0 Å². The minimum absolute atomic E-state index is 0.148. The molecule has 0 bridgehead atoms. The van der Waals surface area contributed by atoms with E-state index in [2.05, 4.69) is 4.74 Å². The van der Waals surface area contributed by atoms with E-state index < -0.39 is 22.8 Å². The molecule has 1 fully saturated rings. The summed E-state index contributed by atoms with van der Waals surface area (Å²) in [5, 5.41) is 10.7. The van der Waals surface area contributed by atoms with Gasteiger partial charge in [0.1, 0.15) is 11.7 Å². The number of likely N-dealkylation sites (tertiary alicyclic amines) is 1. The number of ether oxygens (including phenoxy) is 1. The van der Waals surface area contributed by atoms with Crippen molar-refractivity contribution in [1.82, 2.24) is 9.47 Å². The lowest BCUT2D eigenvalue weighted by atomic mass is 10.2. The smallest absolute Gasteiger partial charge is 0.328 e. The molecule has 0 saturated carbocycles. The van der Waals surface area contributed by atoms with E-state index in [4.69, 9.17) is 0 Å². The molecule has 0 spiro atoms. The molecule has 20 heavy (non-hydrogen) atoms. The molecule has 1 aromatic rings. The number of hydrogen-bond donors (Lipinski definition) is 0. The number of hydrogen-bond acceptors (Lipinski definition) is 5. The summed E-state index contributed by atoms with van der Waals surface area (Å²) in [6.45, 7) is 0.442. The highest BCUT2D eigenvalue weighted by molar-refractivity contribution is 5.96. The van der Waals surface area contributed by atoms with Crippen molar-refractivity contribution in [2.24, 2.45) is 7.05 Å². The lowest BCUT2D eigenvalue weighted by Gasteiger charge is -2.22. The minimum atomic E-state index is -0.610. The van der Waals surface area contributed by atoms with E-state index in [0.29, 0.717) is 19.4 Å². The molecule has 1 saturated heterocycles. The molecule has 1 aromatic heterocycles. The number of carbonyl (C=O) groups excluding carboxylic acids is 2. The fourth-order valence-corrected chi connectivity index (χ4v) is 2.40. The summed E-state index contributed by atoms with van der Waals surface area (Å²) in [6.07, 6.45) is 2.53. The van der Waals surface area contributed by atoms with Crippen LogP contribution in [-0.2, 0) is 16.6 Å². The van der Waals surface area contributed by atoms with E-state index in [1.54, 1.807) is 7.05 Å². The fraction of sp³-hybridized carbons (Fsp3) is 0.500. The molecule has 1 amide bonds. The van der Waals surface area contributed by atoms with Crippen molar-refractivity contribution in [3.05, 3.63) is 28.1 Å². The standard InChI is InChI=1S/C12H15N3O5/c1-13-7-8(15(18)19)6-10(13)11(16)14-5-3-4-9(14)12(17)20-2/h6-7,9H,3-5H2,1-2H3. The van der Waals surface area contributed by atoms with Crippen molar-refractivity contribution in [2.75, 3.05) is 13.7 Å². The predicted octanol–water partition coefficient (Wildman–Crippen LogP) is 0.711. The van der Waals surface area contributed by atoms with Crippen LogP contribution < -0.4 is 0 Å². The predicted molar refractivity (Wildman–Crippen MR) is 68.1 cm³/mol. The summed E-state index contributed by atoms with van der Waals surface area (Å²) in [5.41, 5.74) is 0.0390. The van der Waals surface area contributed by atoms with Crippen LogP contribution in [0.3, 0.4) is 0 Å². The number of aromatic nitrogens is 1. The van der Waals surface area contributed by atoms with Crippen LogP contribution in [0, 0.1) is 10.1 Å². The summed E-state index contributed by atoms with van der Waals surface area (Å²) in [6, 6.07) is 0.607. The molecule has 8 heteroatoms. The first-order valence-corrected chi connectivity index (χ1v) is 6.15. The highest BCUT2D eigenvalue weighted by Crippen LogP contribution is 2.23. The first-order valence-electron chi connectivity index (χ1n) is 6.15. The van der Waals surface area contributed by atoms with Crippen molar-refractivity contribution in [3.63, 3.8) is 0 Å². The van der Waals surface area contributed by atoms with Gasteiger partial charge in [0, 0.05) is 19.7 Å². The van der Waals surface area contributed by atoms with Crippen molar-refractivity contribution in [2.45, 2.75) is 18.9 Å². The number of carbonyl (C=O) groups is 2. The zero-order valence-corrected chi connectivity index (χ0v) is 11.2. The average molecular weight is 281 g/mol. The Labute approximate surface area is 115 Å². The quantitative estimate of drug-likeness (QED) is 0.462. The molecule has 108 valence electrons. The summed E-state index contributed by atoms with van der Waals surface area (Å²) < 4.78 is 6.07. The number of rotatable bonds is 3. The maximum absolute atomic E-state index is 12.4. The van der Waals surface area contributed by atoms with Gasteiger partial charge in [0.2, 0.25) is 0 Å². The molecule has 1 aliphatic rings. The summed E-state index contributed by atoms with van der Waals surface area (Å²) in [5.74, 6) is -0.854. The lowest BCUT2D eigenvalue weighted by Crippen LogP contribution is -2.41. The molecule has 1 unspecified atom stereocenters. The van der Waals surface area contributed by atoms with Crippen molar-refractivity contribution >= 4 is 17.6 Å². The molecule has 2 heterocycles. The average Bonchev–Trinajstić information content (AvgIpc) is 3.03. The second-order valence-corrected chi connectivity index (χ2v) is 4.63. The van der Waals surface area contributed by atoms with Crippen LogP contribution in [0.1, 0.15) is 23.3 Å². The summed E-state index contributed by atoms with van der Waals surface area (Å²) in [7, 11) is 2.83. The van der Waals surface area contributed by atoms with Crippen LogP contribution in [0.5, 0.6) is 0 Å². The number of amides is 1. The lowest BCUT2D eigenvalue weighted by molar-refractivity contribution is -0.384. The van der Waals surface area contributed by atoms with Crippen molar-refractivity contribution < 1.29 is 19.2 Å². The Kier molecular flexibility index (Phi) is 3.73. The largest absolute Gasteiger partial charge is 0.467 e. The van der Waals surface area contributed by atoms with Crippen LogP contribution >= 0.6 is 0 Å². The summed E-state index contributed by atoms with van der Waals surface area (Å²) in [4.78, 5) is 35.6. The molecular weight excluding hydrogens is 266 g/mol. The van der Waals surface area contributed by atoms with Crippen molar-refractivity contribution in [3.8, 4) is 0 Å². The minimum Gasteiger partial charge on any atom is -0.467 e. The Morgan fingerprint density at radius 1 is 1.50 bits per heavy atom. The number of aryl methyl sites for hydroxylation is 1. The Bertz CT molecular complexity index is 565. The van der Waals surface area contributed by atoms with E-state index in [1.807, 2.05) is 0 Å². The van der Waals surface area contributed by atoms with Crippen molar-refractivity contribution in [1.29, 1.82) is 0 Å². The molecule has 2 rings (SSSR count). The third-order valence-corrected chi connectivity index (χ3v) is 3.41. The molecule has 0 aromatic carbocycles. The maximum atomic E-state index is 12.4. The van der Waals surface area contributed by atoms with Gasteiger partial charge in [-0.05, 0) is 12.8 Å². The van der Waals surface area contributed by atoms with Crippen LogP contribution in [0.25, 0.3) is 0 Å². The normalized spacial score (nSPS) is 18.1. The van der Waals surface area contributed by atoms with Gasteiger partial charge in [-0.1, -0.05) is 0 Å². The number of methoxy groups -OCH3 is 1. The molecule has 1 atom stereocenters. The molecular formula is C12H15N3O5. The maximum Gasteiger partial charge on any atom is 0.328 e. The molecule has 1 aliphatic heterocycles. The second-order valence-electron chi connectivity index (χ2n) is 4.63. The van der Waals surface area contributed by atoms with Crippen LogP contribution in [0.4, 0.5) is 5.69 Å². The van der Waals surface area contributed by atoms with Gasteiger partial charge in [-0.3, -0.25) is 14.9 Å². The third-order valence-electron chi connectivity index (χ3n) is 3.41. The first-order chi connectivity index (χ1) is 9.45.